The average Bonchev–Trinajstić information content (AvgIpc) is 3.22. The van der Waals surface area contributed by atoms with Crippen LogP contribution in [0.2, 0.25) is 0 Å². The predicted molar refractivity (Wildman–Crippen MR) is 106 cm³/mol. The Hall–Kier alpha value is -3.39. The summed E-state index contributed by atoms with van der Waals surface area (Å²) in [6, 6.07) is 12.9. The van der Waals surface area contributed by atoms with Crippen LogP contribution in [0.15, 0.2) is 42.5 Å². The van der Waals surface area contributed by atoms with Gasteiger partial charge in [0.05, 0.1) is 20.8 Å². The van der Waals surface area contributed by atoms with E-state index in [1.165, 1.54) is 0 Å². The van der Waals surface area contributed by atoms with E-state index >= 15 is 0 Å². The number of nitrogens with two attached hydrogens (primary N) is 1. The molecule has 1 amide bonds. The zero-order chi connectivity index (χ0) is 19.9. The molecular weight excluding hydrogens is 358 g/mol. The van der Waals surface area contributed by atoms with Gasteiger partial charge in [-0.25, -0.2) is 4.98 Å². The molecule has 28 heavy (non-hydrogen) atoms. The van der Waals surface area contributed by atoms with Crippen molar-refractivity contribution < 1.29 is 14.3 Å². The van der Waals surface area contributed by atoms with Crippen LogP contribution in [0.1, 0.15) is 17.8 Å². The maximum atomic E-state index is 12.3. The molecule has 0 radical (unpaired) electrons. The van der Waals surface area contributed by atoms with E-state index < -0.39 is 0 Å². The average molecular weight is 381 g/mol. The fourth-order valence-corrected chi connectivity index (χ4v) is 2.71. The molecule has 146 valence electrons. The van der Waals surface area contributed by atoms with Crippen molar-refractivity contribution in [3.8, 4) is 22.9 Å². The number of methoxy groups -OCH3 is 2. The van der Waals surface area contributed by atoms with Crippen LogP contribution in [0.5, 0.6) is 11.5 Å². The van der Waals surface area contributed by atoms with Gasteiger partial charge in [-0.3, -0.25) is 9.89 Å². The van der Waals surface area contributed by atoms with Crippen LogP contribution in [-0.4, -0.2) is 35.3 Å². The lowest BCUT2D eigenvalue weighted by molar-refractivity contribution is -0.116. The van der Waals surface area contributed by atoms with Crippen LogP contribution in [0, 0.1) is 0 Å². The lowest BCUT2D eigenvalue weighted by Gasteiger charge is -2.09. The third kappa shape index (κ3) is 4.86. The summed E-state index contributed by atoms with van der Waals surface area (Å²) in [5, 5.41) is 9.79. The highest BCUT2D eigenvalue weighted by atomic mass is 16.5. The summed E-state index contributed by atoms with van der Waals surface area (Å²) in [6.07, 6.45) is 0.926. The number of nitrogens with zero attached hydrogens (tertiary/aromatic N) is 2. The van der Waals surface area contributed by atoms with E-state index in [-0.39, 0.29) is 5.91 Å². The third-order valence-electron chi connectivity index (χ3n) is 4.20. The van der Waals surface area contributed by atoms with Crippen LogP contribution in [0.3, 0.4) is 0 Å². The number of hydrogen-bond donors (Lipinski definition) is 3. The minimum absolute atomic E-state index is 0.0714. The molecule has 0 aliphatic heterocycles. The number of carbonyl (C=O) groups excluding carboxylic acids is 1. The van der Waals surface area contributed by atoms with Gasteiger partial charge in [-0.15, -0.1) is 0 Å². The molecule has 0 fully saturated rings. The minimum Gasteiger partial charge on any atom is -0.497 e. The van der Waals surface area contributed by atoms with E-state index in [2.05, 4.69) is 20.5 Å². The van der Waals surface area contributed by atoms with Crippen molar-refractivity contribution in [3.63, 3.8) is 0 Å². The van der Waals surface area contributed by atoms with Crippen molar-refractivity contribution in [2.45, 2.75) is 19.4 Å². The molecule has 0 atom stereocenters. The second-order valence-corrected chi connectivity index (χ2v) is 6.16. The Bertz CT molecular complexity index is 915. The van der Waals surface area contributed by atoms with Crippen molar-refractivity contribution in [1.82, 2.24) is 15.2 Å². The summed E-state index contributed by atoms with van der Waals surface area (Å²) in [6.45, 7) is 0.306. The van der Waals surface area contributed by atoms with E-state index in [1.54, 1.807) is 20.3 Å². The van der Waals surface area contributed by atoms with Gasteiger partial charge in [0.15, 0.2) is 5.82 Å². The number of anilines is 1. The minimum atomic E-state index is -0.0714. The molecule has 1 heterocycles. The molecule has 4 N–H and O–H groups in total. The number of H-pyrrole nitrogens is 1. The number of aromatic nitrogens is 3. The first-order chi connectivity index (χ1) is 13.6. The highest BCUT2D eigenvalue weighted by Gasteiger charge is 2.08. The summed E-state index contributed by atoms with van der Waals surface area (Å²) >= 11 is 0. The van der Waals surface area contributed by atoms with Gasteiger partial charge in [0.25, 0.3) is 0 Å². The summed E-state index contributed by atoms with van der Waals surface area (Å²) in [5.41, 5.74) is 8.06. The normalized spacial score (nSPS) is 10.5. The number of nitrogens with one attached hydrogen (secondary N) is 2. The second-order valence-electron chi connectivity index (χ2n) is 6.16. The van der Waals surface area contributed by atoms with Crippen LogP contribution in [-0.2, 0) is 17.8 Å². The molecule has 3 aromatic rings. The van der Waals surface area contributed by atoms with E-state index in [9.17, 15) is 4.79 Å². The number of rotatable bonds is 8. The predicted octanol–water partition coefficient (Wildman–Crippen LogP) is 2.52. The van der Waals surface area contributed by atoms with Gasteiger partial charge in [-0.1, -0.05) is 0 Å². The Kier molecular flexibility index (Phi) is 6.23. The summed E-state index contributed by atoms with van der Waals surface area (Å²) in [7, 11) is 3.20. The van der Waals surface area contributed by atoms with Gasteiger partial charge in [-0.2, -0.15) is 5.10 Å². The molecule has 8 nitrogen and oxygen atoms in total. The smallest absolute Gasteiger partial charge is 0.224 e. The monoisotopic (exact) mass is 381 g/mol. The number of hydrogen-bond acceptors (Lipinski definition) is 6. The van der Waals surface area contributed by atoms with E-state index in [1.807, 2.05) is 36.4 Å². The van der Waals surface area contributed by atoms with Crippen molar-refractivity contribution in [3.05, 3.63) is 53.9 Å². The number of ether oxygens (including phenoxy) is 2. The van der Waals surface area contributed by atoms with Crippen molar-refractivity contribution in [2.75, 3.05) is 19.5 Å². The van der Waals surface area contributed by atoms with Crippen LogP contribution < -0.4 is 20.5 Å². The number of aryl methyl sites for hydroxylation is 1. The Morgan fingerprint density at radius 1 is 1.11 bits per heavy atom. The first kappa shape index (κ1) is 19.4. The Morgan fingerprint density at radius 2 is 1.79 bits per heavy atom. The molecule has 0 spiro atoms. The Balaban J connectivity index is 1.57. The Labute approximate surface area is 163 Å². The van der Waals surface area contributed by atoms with Gasteiger partial charge >= 0.3 is 0 Å². The zero-order valence-corrected chi connectivity index (χ0v) is 15.9. The molecule has 0 saturated carbocycles. The van der Waals surface area contributed by atoms with Gasteiger partial charge in [0, 0.05) is 23.7 Å². The third-order valence-corrected chi connectivity index (χ3v) is 4.20. The van der Waals surface area contributed by atoms with Crippen molar-refractivity contribution >= 4 is 11.6 Å². The molecule has 0 aliphatic rings. The fourth-order valence-electron chi connectivity index (χ4n) is 2.71. The van der Waals surface area contributed by atoms with Gasteiger partial charge < -0.3 is 20.5 Å². The SMILES string of the molecule is COc1cc(CCC(=O)Nc2ccc(-c3n[nH]c(CN)n3)cc2)cc(OC)c1. The van der Waals surface area contributed by atoms with Crippen molar-refractivity contribution in [2.24, 2.45) is 5.73 Å². The lowest BCUT2D eigenvalue weighted by atomic mass is 10.1. The van der Waals surface area contributed by atoms with Gasteiger partial charge in [0.1, 0.15) is 17.3 Å². The number of aromatic amines is 1. The van der Waals surface area contributed by atoms with Crippen LogP contribution in [0.25, 0.3) is 11.4 Å². The molecule has 0 bridgehead atoms. The molecular formula is C20H23N5O3. The molecule has 0 saturated heterocycles. The molecule has 0 aliphatic carbocycles. The molecule has 2 aromatic carbocycles. The van der Waals surface area contributed by atoms with Crippen LogP contribution in [0.4, 0.5) is 5.69 Å². The van der Waals surface area contributed by atoms with Gasteiger partial charge in [-0.05, 0) is 48.4 Å². The highest BCUT2D eigenvalue weighted by Crippen LogP contribution is 2.23. The number of carbonyl (C=O) groups is 1. The highest BCUT2D eigenvalue weighted by molar-refractivity contribution is 5.91. The largest absolute Gasteiger partial charge is 0.497 e. The van der Waals surface area contributed by atoms with Crippen LogP contribution >= 0.6 is 0 Å². The fraction of sp³-hybridized carbons (Fsp3) is 0.250. The first-order valence-corrected chi connectivity index (χ1v) is 8.85. The Morgan fingerprint density at radius 3 is 2.36 bits per heavy atom. The quantitative estimate of drug-likeness (QED) is 0.552. The number of amides is 1. The van der Waals surface area contributed by atoms with E-state index in [4.69, 9.17) is 15.2 Å². The summed E-state index contributed by atoms with van der Waals surface area (Å²) in [5.74, 6) is 2.54. The second kappa shape index (κ2) is 9.01. The molecule has 3 rings (SSSR count). The maximum absolute atomic E-state index is 12.3. The summed E-state index contributed by atoms with van der Waals surface area (Å²) < 4.78 is 10.5. The summed E-state index contributed by atoms with van der Waals surface area (Å²) in [4.78, 5) is 16.6. The molecule has 0 unspecified atom stereocenters. The topological polar surface area (TPSA) is 115 Å². The van der Waals surface area contributed by atoms with E-state index in [0.717, 1.165) is 11.1 Å². The van der Waals surface area contributed by atoms with Gasteiger partial charge in [0.2, 0.25) is 5.91 Å². The standard InChI is InChI=1S/C20H23N5O3/c1-27-16-9-13(10-17(11-16)28-2)3-8-19(26)22-15-6-4-14(5-7-15)20-23-18(12-21)24-25-20/h4-7,9-11H,3,8,12,21H2,1-2H3,(H,22,26)(H,23,24,25). The zero-order valence-electron chi connectivity index (χ0n) is 15.9. The maximum Gasteiger partial charge on any atom is 0.224 e. The van der Waals surface area contributed by atoms with Crippen molar-refractivity contribution in [1.29, 1.82) is 0 Å². The molecule has 8 heteroatoms. The first-order valence-electron chi connectivity index (χ1n) is 8.85. The number of benzene rings is 2. The van der Waals surface area contributed by atoms with E-state index in [0.29, 0.717) is 48.2 Å². The lowest BCUT2D eigenvalue weighted by Crippen LogP contribution is -2.12. The molecule has 1 aromatic heterocycles.